The van der Waals surface area contributed by atoms with Crippen molar-refractivity contribution in [1.82, 2.24) is 0 Å². The zero-order valence-electron chi connectivity index (χ0n) is 17.3. The van der Waals surface area contributed by atoms with Gasteiger partial charge in [0.15, 0.2) is 5.78 Å². The summed E-state index contributed by atoms with van der Waals surface area (Å²) < 4.78 is 5.31. The number of benzene rings is 2. The van der Waals surface area contributed by atoms with Crippen LogP contribution in [-0.4, -0.2) is 36.8 Å². The summed E-state index contributed by atoms with van der Waals surface area (Å²) in [4.78, 5) is 43.1. The molecule has 0 aliphatic carbocycles. The van der Waals surface area contributed by atoms with Crippen molar-refractivity contribution >= 4 is 46.6 Å². The number of halogens is 1. The van der Waals surface area contributed by atoms with E-state index in [0.29, 0.717) is 22.0 Å². The van der Waals surface area contributed by atoms with Crippen molar-refractivity contribution in [3.63, 3.8) is 0 Å². The molecule has 0 spiro atoms. The van der Waals surface area contributed by atoms with Crippen molar-refractivity contribution in [3.05, 3.63) is 58.6 Å². The van der Waals surface area contributed by atoms with Gasteiger partial charge in [-0.25, -0.2) is 4.90 Å². The fourth-order valence-corrected chi connectivity index (χ4v) is 5.38. The number of amides is 2. The maximum absolute atomic E-state index is 13.6. The van der Waals surface area contributed by atoms with E-state index in [-0.39, 0.29) is 23.6 Å². The van der Waals surface area contributed by atoms with E-state index in [1.807, 2.05) is 35.3 Å². The van der Waals surface area contributed by atoms with Gasteiger partial charge in [0.1, 0.15) is 11.8 Å². The van der Waals surface area contributed by atoms with E-state index >= 15 is 0 Å². The number of Topliss-reactive ketones (excluding diaryl/α,β-unsaturated/α-hetero) is 1. The number of carbonyl (C=O) groups is 3. The zero-order valence-corrected chi connectivity index (χ0v) is 18.1. The summed E-state index contributed by atoms with van der Waals surface area (Å²) in [5.74, 6) is -1.45. The first-order valence-electron chi connectivity index (χ1n) is 10.1. The Hall–Kier alpha value is -3.12. The van der Waals surface area contributed by atoms with Gasteiger partial charge in [-0.3, -0.25) is 14.4 Å². The van der Waals surface area contributed by atoms with Crippen molar-refractivity contribution in [2.75, 3.05) is 16.9 Å². The van der Waals surface area contributed by atoms with Crippen LogP contribution in [0.15, 0.2) is 42.5 Å². The molecule has 2 amide bonds. The average molecular weight is 437 g/mol. The Morgan fingerprint density at radius 1 is 1.06 bits per heavy atom. The normalized spacial score (nSPS) is 26.1. The molecule has 2 aromatic carbocycles. The molecular weight excluding hydrogens is 416 g/mol. The summed E-state index contributed by atoms with van der Waals surface area (Å²) >= 11 is 6.25. The largest absolute Gasteiger partial charge is 0.497 e. The highest BCUT2D eigenvalue weighted by Crippen LogP contribution is 2.50. The van der Waals surface area contributed by atoms with Gasteiger partial charge in [-0.1, -0.05) is 29.8 Å². The quantitative estimate of drug-likeness (QED) is 0.687. The molecular formula is C24H21ClN2O4. The third-order valence-corrected chi connectivity index (χ3v) is 7.02. The standard InChI is InChI=1S/C24H21ClN2O4/c1-12-16(25)5-4-6-17(12)27-23(29)20-19-9-7-14-11-15(31-3)8-10-18(14)26(19)22(13(2)28)21(20)24(27)30/h4-11,19-22H,1-3H3/t19-,20+,21+,22-/m1/s1. The monoisotopic (exact) mass is 436 g/mol. The summed E-state index contributed by atoms with van der Waals surface area (Å²) in [6.45, 7) is 3.27. The second-order valence-electron chi connectivity index (χ2n) is 8.18. The molecule has 0 bridgehead atoms. The lowest BCUT2D eigenvalue weighted by molar-refractivity contribution is -0.126. The molecule has 7 heteroatoms. The Morgan fingerprint density at radius 2 is 1.81 bits per heavy atom. The minimum Gasteiger partial charge on any atom is -0.497 e. The highest BCUT2D eigenvalue weighted by molar-refractivity contribution is 6.32. The number of rotatable bonds is 3. The molecule has 3 aliphatic rings. The Balaban J connectivity index is 1.62. The minimum absolute atomic E-state index is 0.139. The van der Waals surface area contributed by atoms with E-state index in [2.05, 4.69) is 0 Å². The third kappa shape index (κ3) is 2.67. The molecule has 31 heavy (non-hydrogen) atoms. The van der Waals surface area contributed by atoms with Gasteiger partial charge in [-0.15, -0.1) is 0 Å². The first kappa shape index (κ1) is 19.8. The van der Waals surface area contributed by atoms with E-state index in [9.17, 15) is 14.4 Å². The topological polar surface area (TPSA) is 66.9 Å². The number of ether oxygens (including phenoxy) is 1. The molecule has 2 aromatic rings. The number of imide groups is 1. The van der Waals surface area contributed by atoms with Crippen molar-refractivity contribution in [1.29, 1.82) is 0 Å². The van der Waals surface area contributed by atoms with E-state index in [0.717, 1.165) is 11.3 Å². The smallest absolute Gasteiger partial charge is 0.240 e. The molecule has 0 saturated carbocycles. The van der Waals surface area contributed by atoms with Gasteiger partial charge in [0.05, 0.1) is 30.7 Å². The van der Waals surface area contributed by atoms with Crippen molar-refractivity contribution in [3.8, 4) is 5.75 Å². The second-order valence-corrected chi connectivity index (χ2v) is 8.59. The van der Waals surface area contributed by atoms with Gasteiger partial charge in [-0.05, 0) is 49.7 Å². The molecule has 0 unspecified atom stereocenters. The molecule has 5 rings (SSSR count). The Kier molecular flexibility index (Phi) is 4.45. The predicted molar refractivity (Wildman–Crippen MR) is 118 cm³/mol. The Morgan fingerprint density at radius 3 is 2.52 bits per heavy atom. The van der Waals surface area contributed by atoms with Crippen LogP contribution in [0.4, 0.5) is 11.4 Å². The first-order valence-corrected chi connectivity index (χ1v) is 10.5. The van der Waals surface area contributed by atoms with Gasteiger partial charge in [0, 0.05) is 16.3 Å². The fourth-order valence-electron chi connectivity index (χ4n) is 5.21. The number of anilines is 2. The van der Waals surface area contributed by atoms with Gasteiger partial charge in [0.25, 0.3) is 0 Å². The van der Waals surface area contributed by atoms with Crippen LogP contribution in [0, 0.1) is 18.8 Å². The number of ketones is 1. The highest BCUT2D eigenvalue weighted by atomic mass is 35.5. The van der Waals surface area contributed by atoms with Crippen molar-refractivity contribution in [2.45, 2.75) is 25.9 Å². The summed E-state index contributed by atoms with van der Waals surface area (Å²) in [5.41, 5.74) is 2.87. The molecule has 4 atom stereocenters. The SMILES string of the molecule is COc1ccc2c(c1)C=C[C@@H]1[C@@H]3C(=O)N(c4cccc(Cl)c4C)C(=O)[C@@H]3[C@@H](C(C)=O)N21. The van der Waals surface area contributed by atoms with Crippen LogP contribution in [0.2, 0.25) is 5.02 Å². The molecule has 158 valence electrons. The molecule has 0 radical (unpaired) electrons. The van der Waals surface area contributed by atoms with Gasteiger partial charge in [0.2, 0.25) is 11.8 Å². The minimum atomic E-state index is -0.744. The number of fused-ring (bicyclic) bond motifs is 5. The molecule has 3 aliphatic heterocycles. The maximum Gasteiger partial charge on any atom is 0.240 e. The Labute approximate surface area is 185 Å². The van der Waals surface area contributed by atoms with E-state index in [1.54, 1.807) is 32.2 Å². The Bertz CT molecular complexity index is 1170. The van der Waals surface area contributed by atoms with Crippen LogP contribution >= 0.6 is 11.6 Å². The lowest BCUT2D eigenvalue weighted by Gasteiger charge is -2.36. The summed E-state index contributed by atoms with van der Waals surface area (Å²) in [6.07, 6.45) is 3.85. The molecule has 0 N–H and O–H groups in total. The van der Waals surface area contributed by atoms with Crippen LogP contribution in [0.5, 0.6) is 5.75 Å². The maximum atomic E-state index is 13.6. The number of methoxy groups -OCH3 is 1. The van der Waals surface area contributed by atoms with Crippen LogP contribution in [0.3, 0.4) is 0 Å². The fraction of sp³-hybridized carbons (Fsp3) is 0.292. The average Bonchev–Trinajstić information content (AvgIpc) is 3.23. The number of carbonyl (C=O) groups excluding carboxylic acids is 3. The van der Waals surface area contributed by atoms with E-state index in [4.69, 9.17) is 16.3 Å². The van der Waals surface area contributed by atoms with Gasteiger partial charge in [-0.2, -0.15) is 0 Å². The van der Waals surface area contributed by atoms with E-state index in [1.165, 1.54) is 11.8 Å². The van der Waals surface area contributed by atoms with Crippen molar-refractivity contribution in [2.24, 2.45) is 11.8 Å². The predicted octanol–water partition coefficient (Wildman–Crippen LogP) is 3.64. The number of hydrogen-bond donors (Lipinski definition) is 0. The second kappa shape index (κ2) is 6.95. The molecule has 0 aromatic heterocycles. The number of hydrogen-bond acceptors (Lipinski definition) is 5. The van der Waals surface area contributed by atoms with Crippen LogP contribution in [0.25, 0.3) is 6.08 Å². The lowest BCUT2D eigenvalue weighted by atomic mass is 9.88. The van der Waals surface area contributed by atoms with Gasteiger partial charge < -0.3 is 9.64 Å². The third-order valence-electron chi connectivity index (χ3n) is 6.61. The molecule has 2 fully saturated rings. The van der Waals surface area contributed by atoms with Crippen LogP contribution < -0.4 is 14.5 Å². The highest BCUT2D eigenvalue weighted by Gasteiger charge is 2.63. The zero-order chi connectivity index (χ0) is 22.0. The van der Waals surface area contributed by atoms with Crippen LogP contribution in [0.1, 0.15) is 18.1 Å². The lowest BCUT2D eigenvalue weighted by Crippen LogP contribution is -2.48. The number of nitrogens with zero attached hydrogens (tertiary/aromatic N) is 2. The molecule has 3 heterocycles. The first-order chi connectivity index (χ1) is 14.8. The van der Waals surface area contributed by atoms with Gasteiger partial charge >= 0.3 is 0 Å². The van der Waals surface area contributed by atoms with Crippen LogP contribution in [-0.2, 0) is 14.4 Å². The molecule has 2 saturated heterocycles. The van der Waals surface area contributed by atoms with Crippen molar-refractivity contribution < 1.29 is 19.1 Å². The summed E-state index contributed by atoms with van der Waals surface area (Å²) in [7, 11) is 1.60. The summed E-state index contributed by atoms with van der Waals surface area (Å²) in [6, 6.07) is 9.67. The molecule has 6 nitrogen and oxygen atoms in total. The van der Waals surface area contributed by atoms with E-state index < -0.39 is 17.9 Å². The summed E-state index contributed by atoms with van der Waals surface area (Å²) in [5, 5.41) is 0.486.